The van der Waals surface area contributed by atoms with Gasteiger partial charge in [-0.15, -0.1) is 15.0 Å². The molecular formula is C21H28F3N7O2. The van der Waals surface area contributed by atoms with Gasteiger partial charge in [-0.25, -0.2) is 0 Å². The molecule has 0 bridgehead atoms. The molecule has 2 aromatic rings. The van der Waals surface area contributed by atoms with Gasteiger partial charge in [0.2, 0.25) is 11.8 Å². The summed E-state index contributed by atoms with van der Waals surface area (Å²) in [4.78, 5) is 28.1. The lowest BCUT2D eigenvalue weighted by atomic mass is 9.88. The third kappa shape index (κ3) is 6.35. The Balaban J connectivity index is 1.78. The number of tetrazole rings is 1. The van der Waals surface area contributed by atoms with Gasteiger partial charge in [-0.2, -0.15) is 13.2 Å². The molecule has 2 amide bonds. The van der Waals surface area contributed by atoms with E-state index < -0.39 is 35.6 Å². The molecule has 1 fully saturated rings. The molecule has 9 nitrogen and oxygen atoms in total. The zero-order chi connectivity index (χ0) is 24.4. The topological polar surface area (TPSA) is 119 Å². The van der Waals surface area contributed by atoms with Gasteiger partial charge in [-0.1, -0.05) is 20.8 Å². The van der Waals surface area contributed by atoms with Crippen LogP contribution in [-0.4, -0.2) is 55.5 Å². The Morgan fingerprint density at radius 3 is 2.61 bits per heavy atom. The minimum Gasteiger partial charge on any atom is -0.320 e. The minimum absolute atomic E-state index is 0.0428. The van der Waals surface area contributed by atoms with Crippen LogP contribution in [0.2, 0.25) is 0 Å². The first kappa shape index (κ1) is 24.8. The molecule has 2 atom stereocenters. The van der Waals surface area contributed by atoms with Crippen molar-refractivity contribution in [3.05, 3.63) is 35.7 Å². The lowest BCUT2D eigenvalue weighted by Gasteiger charge is -2.26. The van der Waals surface area contributed by atoms with E-state index in [1.165, 1.54) is 12.4 Å². The van der Waals surface area contributed by atoms with Crippen molar-refractivity contribution < 1.29 is 22.8 Å². The van der Waals surface area contributed by atoms with Crippen LogP contribution in [0.1, 0.15) is 51.2 Å². The van der Waals surface area contributed by atoms with Crippen molar-refractivity contribution in [3.63, 3.8) is 0 Å². The lowest BCUT2D eigenvalue weighted by Crippen LogP contribution is -2.50. The van der Waals surface area contributed by atoms with Crippen LogP contribution in [-0.2, 0) is 22.3 Å². The van der Waals surface area contributed by atoms with Crippen LogP contribution < -0.4 is 11.1 Å². The van der Waals surface area contributed by atoms with E-state index in [0.29, 0.717) is 37.1 Å². The fourth-order valence-electron chi connectivity index (χ4n) is 3.94. The molecule has 2 heterocycles. The number of benzene rings is 1. The van der Waals surface area contributed by atoms with Crippen LogP contribution in [0.15, 0.2) is 24.5 Å². The van der Waals surface area contributed by atoms with Gasteiger partial charge >= 0.3 is 6.18 Å². The van der Waals surface area contributed by atoms with E-state index in [2.05, 4.69) is 20.7 Å². The highest BCUT2D eigenvalue weighted by atomic mass is 19.4. The SMILES string of the molecule is CC(C)(C)C[C@@H](N)C(=O)NC(=O)[C@@H]1CCCN1Cc1cc(C(F)(F)F)ccc1-n1ncnn1. The number of imide groups is 1. The Hall–Kier alpha value is -2.86. The average molecular weight is 467 g/mol. The summed E-state index contributed by atoms with van der Waals surface area (Å²) in [7, 11) is 0. The molecule has 1 saturated heterocycles. The summed E-state index contributed by atoms with van der Waals surface area (Å²) in [6.45, 7) is 6.35. The quantitative estimate of drug-likeness (QED) is 0.667. The van der Waals surface area contributed by atoms with E-state index >= 15 is 0 Å². The maximum atomic E-state index is 13.3. The molecule has 33 heavy (non-hydrogen) atoms. The van der Waals surface area contributed by atoms with Crippen molar-refractivity contribution in [2.75, 3.05) is 6.54 Å². The van der Waals surface area contributed by atoms with E-state index in [9.17, 15) is 22.8 Å². The number of carbonyl (C=O) groups excluding carboxylic acids is 2. The van der Waals surface area contributed by atoms with Gasteiger partial charge in [0, 0.05) is 6.54 Å². The minimum atomic E-state index is -4.53. The van der Waals surface area contributed by atoms with Crippen molar-refractivity contribution in [2.45, 2.75) is 64.8 Å². The van der Waals surface area contributed by atoms with E-state index in [-0.39, 0.29) is 12.0 Å². The second kappa shape index (κ2) is 9.56. The number of alkyl halides is 3. The normalized spacial score (nSPS) is 18.3. The summed E-state index contributed by atoms with van der Waals surface area (Å²) in [5, 5.41) is 13.7. The van der Waals surface area contributed by atoms with Crippen LogP contribution in [0.25, 0.3) is 5.69 Å². The van der Waals surface area contributed by atoms with Crippen molar-refractivity contribution in [1.29, 1.82) is 0 Å². The van der Waals surface area contributed by atoms with Gasteiger partial charge in [-0.3, -0.25) is 19.8 Å². The molecule has 0 unspecified atom stereocenters. The smallest absolute Gasteiger partial charge is 0.320 e. The first-order chi connectivity index (χ1) is 15.3. The van der Waals surface area contributed by atoms with E-state index in [1.807, 2.05) is 20.8 Å². The van der Waals surface area contributed by atoms with Gasteiger partial charge in [0.25, 0.3) is 0 Å². The largest absolute Gasteiger partial charge is 0.416 e. The fourth-order valence-corrected chi connectivity index (χ4v) is 3.94. The summed E-state index contributed by atoms with van der Waals surface area (Å²) >= 11 is 0. The van der Waals surface area contributed by atoms with Crippen LogP contribution in [0.5, 0.6) is 0 Å². The maximum Gasteiger partial charge on any atom is 0.416 e. The molecule has 0 aliphatic carbocycles. The zero-order valence-corrected chi connectivity index (χ0v) is 18.8. The second-order valence-corrected chi connectivity index (χ2v) is 9.42. The molecule has 12 heteroatoms. The van der Waals surface area contributed by atoms with Crippen molar-refractivity contribution in [1.82, 2.24) is 30.4 Å². The average Bonchev–Trinajstić information content (AvgIpc) is 3.38. The van der Waals surface area contributed by atoms with Crippen molar-refractivity contribution in [2.24, 2.45) is 11.1 Å². The number of rotatable bonds is 6. The Morgan fingerprint density at radius 2 is 2.00 bits per heavy atom. The summed E-state index contributed by atoms with van der Waals surface area (Å²) in [6, 6.07) is 1.75. The zero-order valence-electron chi connectivity index (χ0n) is 18.8. The van der Waals surface area contributed by atoms with Gasteiger partial charge < -0.3 is 5.73 Å². The van der Waals surface area contributed by atoms with Gasteiger partial charge in [0.15, 0.2) is 6.33 Å². The van der Waals surface area contributed by atoms with Gasteiger partial charge in [0.1, 0.15) is 0 Å². The van der Waals surface area contributed by atoms with E-state index in [1.54, 1.807) is 4.90 Å². The summed E-state index contributed by atoms with van der Waals surface area (Å²) in [6.07, 6.45) is -1.81. The highest BCUT2D eigenvalue weighted by molar-refractivity contribution is 6.00. The number of carbonyl (C=O) groups is 2. The molecule has 1 aliphatic heterocycles. The number of nitrogens with two attached hydrogens (primary N) is 1. The van der Waals surface area contributed by atoms with Crippen molar-refractivity contribution >= 4 is 11.8 Å². The number of hydrogen-bond donors (Lipinski definition) is 2. The predicted octanol–water partition coefficient (Wildman–Crippen LogP) is 2.05. The maximum absolute atomic E-state index is 13.3. The molecule has 1 aromatic carbocycles. The number of nitrogens with one attached hydrogen (secondary N) is 1. The summed E-state index contributed by atoms with van der Waals surface area (Å²) in [5.74, 6) is -1.07. The highest BCUT2D eigenvalue weighted by Crippen LogP contribution is 2.32. The molecule has 3 rings (SSSR count). The van der Waals surface area contributed by atoms with Gasteiger partial charge in [0.05, 0.1) is 23.3 Å². The predicted molar refractivity (Wildman–Crippen MR) is 113 cm³/mol. The Morgan fingerprint density at radius 1 is 1.27 bits per heavy atom. The van der Waals surface area contributed by atoms with Crippen molar-refractivity contribution in [3.8, 4) is 5.69 Å². The van der Waals surface area contributed by atoms with Crippen LogP contribution >= 0.6 is 0 Å². The lowest BCUT2D eigenvalue weighted by molar-refractivity contribution is -0.138. The van der Waals surface area contributed by atoms with Crippen LogP contribution in [0, 0.1) is 5.41 Å². The summed E-state index contributed by atoms with van der Waals surface area (Å²) in [5.41, 5.74) is 5.55. The Kier molecular flexibility index (Phi) is 7.17. The number of hydrogen-bond acceptors (Lipinski definition) is 7. The first-order valence-electron chi connectivity index (χ1n) is 10.6. The molecule has 1 aliphatic rings. The summed E-state index contributed by atoms with van der Waals surface area (Å²) < 4.78 is 40.0. The van der Waals surface area contributed by atoms with Crippen LogP contribution in [0.3, 0.4) is 0 Å². The standard InChI is InChI=1S/C21H28F3N7O2/c1-20(2,3)10-15(25)18(32)28-19(33)17-5-4-8-30(17)11-13-9-14(21(22,23)24)6-7-16(13)31-27-12-26-29-31/h6-7,9,12,15,17H,4-5,8,10-11,25H2,1-3H3,(H,28,32,33)/t15-,17+/m1/s1. The molecule has 180 valence electrons. The molecule has 0 saturated carbocycles. The first-order valence-corrected chi connectivity index (χ1v) is 10.6. The third-order valence-corrected chi connectivity index (χ3v) is 5.43. The third-order valence-electron chi connectivity index (χ3n) is 5.43. The Labute approximate surface area is 189 Å². The van der Waals surface area contributed by atoms with Crippen LogP contribution in [0.4, 0.5) is 13.2 Å². The molecule has 3 N–H and O–H groups in total. The van der Waals surface area contributed by atoms with Gasteiger partial charge in [-0.05, 0) is 60.2 Å². The fraction of sp³-hybridized carbons (Fsp3) is 0.571. The van der Waals surface area contributed by atoms with E-state index in [0.717, 1.165) is 16.9 Å². The highest BCUT2D eigenvalue weighted by Gasteiger charge is 2.35. The monoisotopic (exact) mass is 467 g/mol. The molecule has 0 radical (unpaired) electrons. The number of aromatic nitrogens is 4. The number of likely N-dealkylation sites (tertiary alicyclic amines) is 1. The number of halogens is 3. The number of amides is 2. The second-order valence-electron chi connectivity index (χ2n) is 9.42. The molecule has 1 aromatic heterocycles. The molecule has 0 spiro atoms. The molecular weight excluding hydrogens is 439 g/mol. The van der Waals surface area contributed by atoms with E-state index in [4.69, 9.17) is 5.73 Å². The number of nitrogens with zero attached hydrogens (tertiary/aromatic N) is 5. The Bertz CT molecular complexity index is 987.